The summed E-state index contributed by atoms with van der Waals surface area (Å²) in [6.45, 7) is 1.26. The summed E-state index contributed by atoms with van der Waals surface area (Å²) in [7, 11) is -1.93. The van der Waals surface area contributed by atoms with Crippen LogP contribution in [0.3, 0.4) is 0 Å². The summed E-state index contributed by atoms with van der Waals surface area (Å²) in [6, 6.07) is 4.44. The Morgan fingerprint density at radius 2 is 2.24 bits per heavy atom. The van der Waals surface area contributed by atoms with Crippen molar-refractivity contribution >= 4 is 21.6 Å². The number of benzene rings is 1. The summed E-state index contributed by atoms with van der Waals surface area (Å²) < 4.78 is 32.0. The molecule has 2 rings (SSSR count). The predicted molar refractivity (Wildman–Crippen MR) is 80.7 cm³/mol. The number of nitrogens with zero attached hydrogens (tertiary/aromatic N) is 1. The highest BCUT2D eigenvalue weighted by Crippen LogP contribution is 2.26. The van der Waals surface area contributed by atoms with Gasteiger partial charge in [0.1, 0.15) is 0 Å². The maximum absolute atomic E-state index is 12.7. The molecule has 0 radical (unpaired) electrons. The molecule has 0 amide bonds. The van der Waals surface area contributed by atoms with Crippen LogP contribution in [-0.4, -0.2) is 44.6 Å². The lowest BCUT2D eigenvalue weighted by molar-refractivity contribution is 0.118. The van der Waals surface area contributed by atoms with Gasteiger partial charge >= 0.3 is 0 Å². The van der Waals surface area contributed by atoms with Crippen LogP contribution in [0.25, 0.3) is 0 Å². The monoisotopic (exact) mass is 333 g/mol. The molecule has 1 aromatic rings. The number of aliphatic hydroxyl groups is 1. The van der Waals surface area contributed by atoms with Crippen molar-refractivity contribution in [1.82, 2.24) is 4.31 Å². The SMILES string of the molecule is COCC1CCCN(S(=O)(=O)c2ccc(Cl)c(CO)c2)C1. The van der Waals surface area contributed by atoms with Crippen molar-refractivity contribution in [3.63, 3.8) is 0 Å². The second-order valence-electron chi connectivity index (χ2n) is 5.24. The molecule has 0 spiro atoms. The Kier molecular flexibility index (Phi) is 5.62. The van der Waals surface area contributed by atoms with Gasteiger partial charge in [-0.3, -0.25) is 0 Å². The molecule has 1 unspecified atom stereocenters. The lowest BCUT2D eigenvalue weighted by Crippen LogP contribution is -2.41. The summed E-state index contributed by atoms with van der Waals surface area (Å²) in [5, 5.41) is 9.59. The second kappa shape index (κ2) is 7.07. The standard InChI is InChI=1S/C14H20ClNO4S/c1-20-10-11-3-2-6-16(8-11)21(18,19)13-4-5-14(15)12(7-13)9-17/h4-5,7,11,17H,2-3,6,8-10H2,1H3. The van der Waals surface area contributed by atoms with Crippen LogP contribution in [0, 0.1) is 5.92 Å². The average Bonchev–Trinajstić information content (AvgIpc) is 2.48. The van der Waals surface area contributed by atoms with Gasteiger partial charge in [-0.15, -0.1) is 0 Å². The summed E-state index contributed by atoms with van der Waals surface area (Å²) >= 11 is 5.91. The molecule has 1 fully saturated rings. The first-order chi connectivity index (χ1) is 9.98. The molecule has 0 bridgehead atoms. The number of hydrogen-bond donors (Lipinski definition) is 1. The number of sulfonamides is 1. The molecule has 0 aromatic heterocycles. The molecule has 1 saturated heterocycles. The van der Waals surface area contributed by atoms with Gasteiger partial charge in [0.25, 0.3) is 0 Å². The Morgan fingerprint density at radius 3 is 2.90 bits per heavy atom. The molecule has 7 heteroatoms. The molecule has 0 aliphatic carbocycles. The number of aliphatic hydroxyl groups excluding tert-OH is 1. The zero-order valence-electron chi connectivity index (χ0n) is 12.0. The highest BCUT2D eigenvalue weighted by molar-refractivity contribution is 7.89. The van der Waals surface area contributed by atoms with Crippen molar-refractivity contribution in [2.75, 3.05) is 26.8 Å². The number of halogens is 1. The maximum Gasteiger partial charge on any atom is 0.243 e. The second-order valence-corrected chi connectivity index (χ2v) is 7.58. The Labute approximate surface area is 130 Å². The van der Waals surface area contributed by atoms with Crippen LogP contribution in [0.15, 0.2) is 23.1 Å². The number of methoxy groups -OCH3 is 1. The van der Waals surface area contributed by atoms with Crippen molar-refractivity contribution in [3.8, 4) is 0 Å². The highest BCUT2D eigenvalue weighted by atomic mass is 35.5. The fourth-order valence-corrected chi connectivity index (χ4v) is 4.38. The lowest BCUT2D eigenvalue weighted by atomic mass is 10.0. The third-order valence-electron chi connectivity index (χ3n) is 3.71. The minimum Gasteiger partial charge on any atom is -0.392 e. The molecule has 1 N–H and O–H groups in total. The van der Waals surface area contributed by atoms with E-state index in [0.717, 1.165) is 12.8 Å². The van der Waals surface area contributed by atoms with E-state index < -0.39 is 10.0 Å². The highest BCUT2D eigenvalue weighted by Gasteiger charge is 2.30. The molecule has 1 heterocycles. The zero-order valence-corrected chi connectivity index (χ0v) is 13.5. The van der Waals surface area contributed by atoms with Crippen LogP contribution < -0.4 is 0 Å². The Morgan fingerprint density at radius 1 is 1.48 bits per heavy atom. The van der Waals surface area contributed by atoms with Crippen molar-refractivity contribution in [3.05, 3.63) is 28.8 Å². The lowest BCUT2D eigenvalue weighted by Gasteiger charge is -2.31. The first-order valence-corrected chi connectivity index (χ1v) is 8.69. The molecule has 21 heavy (non-hydrogen) atoms. The summed E-state index contributed by atoms with van der Waals surface area (Å²) in [6.07, 6.45) is 1.80. The van der Waals surface area contributed by atoms with E-state index in [9.17, 15) is 13.5 Å². The molecule has 1 aromatic carbocycles. The van der Waals surface area contributed by atoms with Crippen molar-refractivity contribution in [1.29, 1.82) is 0 Å². The molecule has 1 atom stereocenters. The fourth-order valence-electron chi connectivity index (χ4n) is 2.60. The number of hydrogen-bond acceptors (Lipinski definition) is 4. The van der Waals surface area contributed by atoms with Gasteiger partial charge in [-0.05, 0) is 42.5 Å². The van der Waals surface area contributed by atoms with Gasteiger partial charge in [-0.1, -0.05) is 11.6 Å². The Hall–Kier alpha value is -0.660. The van der Waals surface area contributed by atoms with Gasteiger partial charge in [-0.25, -0.2) is 8.42 Å². The van der Waals surface area contributed by atoms with Crippen molar-refractivity contribution in [2.45, 2.75) is 24.3 Å². The van der Waals surface area contributed by atoms with Crippen molar-refractivity contribution < 1.29 is 18.3 Å². The van der Waals surface area contributed by atoms with E-state index in [0.29, 0.717) is 30.3 Å². The molecule has 1 aliphatic rings. The molecule has 0 saturated carbocycles. The van der Waals surface area contributed by atoms with E-state index in [-0.39, 0.29) is 17.4 Å². The molecule has 5 nitrogen and oxygen atoms in total. The number of ether oxygens (including phenoxy) is 1. The predicted octanol–water partition coefficient (Wildman–Crippen LogP) is 1.88. The van der Waals surface area contributed by atoms with Gasteiger partial charge in [0.05, 0.1) is 18.1 Å². The van der Waals surface area contributed by atoms with E-state index in [1.165, 1.54) is 22.5 Å². The molecule has 1 aliphatic heterocycles. The van der Waals surface area contributed by atoms with Crippen LogP contribution >= 0.6 is 11.6 Å². The third-order valence-corrected chi connectivity index (χ3v) is 5.94. The Balaban J connectivity index is 2.25. The largest absolute Gasteiger partial charge is 0.392 e. The maximum atomic E-state index is 12.7. The first kappa shape index (κ1) is 16.7. The first-order valence-electron chi connectivity index (χ1n) is 6.87. The van der Waals surface area contributed by atoms with E-state index in [1.54, 1.807) is 7.11 Å². The zero-order chi connectivity index (χ0) is 15.5. The van der Waals surface area contributed by atoms with Gasteiger partial charge in [0.15, 0.2) is 0 Å². The minimum atomic E-state index is -3.55. The van der Waals surface area contributed by atoms with Gasteiger partial charge in [0, 0.05) is 25.2 Å². The number of piperidine rings is 1. The van der Waals surface area contributed by atoms with Crippen LogP contribution in [0.5, 0.6) is 0 Å². The van der Waals surface area contributed by atoms with Crippen LogP contribution in [-0.2, 0) is 21.4 Å². The number of rotatable bonds is 5. The van der Waals surface area contributed by atoms with Crippen molar-refractivity contribution in [2.24, 2.45) is 5.92 Å². The minimum absolute atomic E-state index is 0.175. The summed E-state index contributed by atoms with van der Waals surface area (Å²) in [4.78, 5) is 0.175. The van der Waals surface area contributed by atoms with E-state index in [4.69, 9.17) is 16.3 Å². The topological polar surface area (TPSA) is 66.8 Å². The van der Waals surface area contributed by atoms with Gasteiger partial charge in [-0.2, -0.15) is 4.31 Å². The van der Waals surface area contributed by atoms with Crippen LogP contribution in [0.4, 0.5) is 0 Å². The van der Waals surface area contributed by atoms with Crippen LogP contribution in [0.2, 0.25) is 5.02 Å². The van der Waals surface area contributed by atoms with Gasteiger partial charge < -0.3 is 9.84 Å². The normalized spacial score (nSPS) is 20.6. The smallest absolute Gasteiger partial charge is 0.243 e. The third kappa shape index (κ3) is 3.76. The average molecular weight is 334 g/mol. The van der Waals surface area contributed by atoms with E-state index >= 15 is 0 Å². The van der Waals surface area contributed by atoms with Gasteiger partial charge in [0.2, 0.25) is 10.0 Å². The van der Waals surface area contributed by atoms with Crippen LogP contribution in [0.1, 0.15) is 18.4 Å². The molecular weight excluding hydrogens is 314 g/mol. The quantitative estimate of drug-likeness (QED) is 0.893. The fraction of sp³-hybridized carbons (Fsp3) is 0.571. The summed E-state index contributed by atoms with van der Waals surface area (Å²) in [5.41, 5.74) is 0.420. The van der Waals surface area contributed by atoms with E-state index in [2.05, 4.69) is 0 Å². The molecular formula is C14H20ClNO4S. The molecule has 118 valence electrons. The summed E-state index contributed by atoms with van der Waals surface area (Å²) in [5.74, 6) is 0.225. The Bertz CT molecular complexity index is 589. The van der Waals surface area contributed by atoms with E-state index in [1.807, 2.05) is 0 Å².